The van der Waals surface area contributed by atoms with E-state index in [1.54, 1.807) is 11.8 Å². The van der Waals surface area contributed by atoms with E-state index in [-0.39, 0.29) is 11.2 Å². The van der Waals surface area contributed by atoms with Gasteiger partial charge in [0.15, 0.2) is 0 Å². The third-order valence-electron chi connectivity index (χ3n) is 7.51. The first-order valence-corrected chi connectivity index (χ1v) is 12.0. The van der Waals surface area contributed by atoms with Crippen molar-refractivity contribution < 1.29 is 4.79 Å². The Morgan fingerprint density at radius 2 is 1.48 bits per heavy atom. The highest BCUT2D eigenvalue weighted by molar-refractivity contribution is 8.00. The Hall–Kier alpha value is -1.74. The van der Waals surface area contributed by atoms with Gasteiger partial charge in [-0.05, 0) is 105 Å². The van der Waals surface area contributed by atoms with E-state index in [0.717, 1.165) is 28.3 Å². The van der Waals surface area contributed by atoms with Crippen molar-refractivity contribution in [2.24, 2.45) is 17.8 Å². The lowest BCUT2D eigenvalue weighted by molar-refractivity contribution is -0.115. The third-order valence-corrected chi connectivity index (χ3v) is 8.62. The van der Waals surface area contributed by atoms with Crippen molar-refractivity contribution in [1.82, 2.24) is 0 Å². The van der Waals surface area contributed by atoms with Crippen molar-refractivity contribution in [3.8, 4) is 0 Å². The zero-order valence-corrected chi connectivity index (χ0v) is 18.3. The van der Waals surface area contributed by atoms with Gasteiger partial charge in [0.05, 0.1) is 5.25 Å². The van der Waals surface area contributed by atoms with Crippen LogP contribution in [0.2, 0.25) is 0 Å². The fourth-order valence-corrected chi connectivity index (χ4v) is 7.36. The predicted octanol–water partition coefficient (Wildman–Crippen LogP) is 6.58. The number of carbonyl (C=O) groups is 1. The van der Waals surface area contributed by atoms with Crippen LogP contribution in [0.15, 0.2) is 53.4 Å². The molecular formula is C26H31NOS. The van der Waals surface area contributed by atoms with Gasteiger partial charge < -0.3 is 5.32 Å². The van der Waals surface area contributed by atoms with E-state index in [2.05, 4.69) is 60.8 Å². The van der Waals surface area contributed by atoms with Crippen molar-refractivity contribution in [2.45, 2.75) is 67.9 Å². The molecule has 29 heavy (non-hydrogen) atoms. The number of amides is 1. The van der Waals surface area contributed by atoms with Crippen molar-refractivity contribution in [1.29, 1.82) is 0 Å². The van der Waals surface area contributed by atoms with Gasteiger partial charge in [-0.1, -0.05) is 29.8 Å². The minimum atomic E-state index is -0.125. The van der Waals surface area contributed by atoms with E-state index in [4.69, 9.17) is 0 Å². The summed E-state index contributed by atoms with van der Waals surface area (Å²) in [5, 5.41) is 2.99. The van der Waals surface area contributed by atoms with Crippen LogP contribution in [0.3, 0.4) is 0 Å². The lowest BCUT2D eigenvalue weighted by atomic mass is 9.48. The first-order chi connectivity index (χ1) is 14.0. The summed E-state index contributed by atoms with van der Waals surface area (Å²) >= 11 is 1.61. The minimum absolute atomic E-state index is 0.0677. The van der Waals surface area contributed by atoms with E-state index in [9.17, 15) is 4.79 Å². The van der Waals surface area contributed by atoms with Gasteiger partial charge in [-0.15, -0.1) is 11.8 Å². The van der Waals surface area contributed by atoms with Crippen molar-refractivity contribution >= 4 is 23.4 Å². The summed E-state index contributed by atoms with van der Waals surface area (Å²) in [7, 11) is 0. The molecule has 0 heterocycles. The molecule has 1 atom stereocenters. The lowest BCUT2D eigenvalue weighted by Crippen LogP contribution is -2.48. The fraction of sp³-hybridized carbons (Fsp3) is 0.500. The molecule has 4 aliphatic rings. The molecule has 152 valence electrons. The zero-order valence-electron chi connectivity index (χ0n) is 17.5. The molecule has 0 unspecified atom stereocenters. The summed E-state index contributed by atoms with van der Waals surface area (Å²) in [6, 6.07) is 17.2. The number of carbonyl (C=O) groups excluding carboxylic acids is 1. The highest BCUT2D eigenvalue weighted by atomic mass is 32.2. The zero-order chi connectivity index (χ0) is 20.0. The van der Waals surface area contributed by atoms with Crippen molar-refractivity contribution in [2.75, 3.05) is 5.32 Å². The second-order valence-corrected chi connectivity index (χ2v) is 11.3. The molecule has 1 N–H and O–H groups in total. The Bertz CT molecular complexity index is 851. The minimum Gasteiger partial charge on any atom is -0.325 e. The number of hydrogen-bond donors (Lipinski definition) is 1. The van der Waals surface area contributed by atoms with Crippen LogP contribution in [-0.4, -0.2) is 11.2 Å². The quantitative estimate of drug-likeness (QED) is 0.569. The average molecular weight is 406 g/mol. The smallest absolute Gasteiger partial charge is 0.237 e. The molecule has 0 aromatic heterocycles. The van der Waals surface area contributed by atoms with E-state index in [0.29, 0.717) is 5.41 Å². The van der Waals surface area contributed by atoms with Crippen LogP contribution in [-0.2, 0) is 10.2 Å². The van der Waals surface area contributed by atoms with Crippen molar-refractivity contribution in [3.05, 3.63) is 59.7 Å². The molecule has 4 bridgehead atoms. The average Bonchev–Trinajstić information content (AvgIpc) is 2.69. The number of aryl methyl sites for hydroxylation is 1. The first kappa shape index (κ1) is 19.2. The largest absolute Gasteiger partial charge is 0.325 e. The molecule has 6 rings (SSSR count). The Balaban J connectivity index is 1.24. The number of rotatable bonds is 5. The van der Waals surface area contributed by atoms with E-state index < -0.39 is 0 Å². The highest BCUT2D eigenvalue weighted by Crippen LogP contribution is 2.60. The van der Waals surface area contributed by atoms with Crippen LogP contribution in [0, 0.1) is 24.7 Å². The summed E-state index contributed by atoms with van der Waals surface area (Å²) in [5.74, 6) is 2.94. The molecule has 2 aromatic carbocycles. The lowest BCUT2D eigenvalue weighted by Gasteiger charge is -2.57. The summed E-state index contributed by atoms with van der Waals surface area (Å²) in [4.78, 5) is 13.8. The topological polar surface area (TPSA) is 29.1 Å². The standard InChI is InChI=1S/C26H31NOS/c1-17-3-9-24(10-4-17)29-18(2)25(28)27-23-7-5-22(6-8-23)26-14-19-11-20(15-26)13-21(12-19)16-26/h3-10,18-21H,11-16H2,1-2H3,(H,27,28)/t18-,19?,20?,21?,26?/m0/s1. The monoisotopic (exact) mass is 405 g/mol. The van der Waals surface area contributed by atoms with E-state index in [1.807, 2.05) is 6.92 Å². The maximum absolute atomic E-state index is 12.7. The Morgan fingerprint density at radius 1 is 0.931 bits per heavy atom. The molecule has 4 saturated carbocycles. The van der Waals surface area contributed by atoms with Crippen LogP contribution in [0.1, 0.15) is 56.6 Å². The molecule has 2 aromatic rings. The number of hydrogen-bond acceptors (Lipinski definition) is 2. The Kier molecular flexibility index (Phi) is 4.98. The number of benzene rings is 2. The molecule has 4 fully saturated rings. The Labute approximate surface area is 178 Å². The van der Waals surface area contributed by atoms with Crippen LogP contribution >= 0.6 is 11.8 Å². The van der Waals surface area contributed by atoms with Crippen molar-refractivity contribution in [3.63, 3.8) is 0 Å². The Morgan fingerprint density at radius 3 is 2.03 bits per heavy atom. The molecule has 0 radical (unpaired) electrons. The van der Waals surface area contributed by atoms with E-state index >= 15 is 0 Å². The van der Waals surface area contributed by atoms with Gasteiger partial charge in [0.2, 0.25) is 5.91 Å². The number of anilines is 1. The van der Waals surface area contributed by atoms with Crippen LogP contribution in [0.5, 0.6) is 0 Å². The maximum atomic E-state index is 12.7. The predicted molar refractivity (Wildman–Crippen MR) is 121 cm³/mol. The van der Waals surface area contributed by atoms with Gasteiger partial charge in [0.1, 0.15) is 0 Å². The number of thioether (sulfide) groups is 1. The van der Waals surface area contributed by atoms with Crippen LogP contribution < -0.4 is 5.32 Å². The summed E-state index contributed by atoms with van der Waals surface area (Å²) in [6.07, 6.45) is 8.58. The molecule has 3 heteroatoms. The molecule has 4 aliphatic carbocycles. The van der Waals surface area contributed by atoms with Crippen LogP contribution in [0.4, 0.5) is 5.69 Å². The van der Waals surface area contributed by atoms with E-state index in [1.165, 1.54) is 49.7 Å². The SMILES string of the molecule is Cc1ccc(S[C@@H](C)C(=O)Nc2ccc(C34CC5CC(CC(C5)C3)C4)cc2)cc1. The fourth-order valence-electron chi connectivity index (χ4n) is 6.49. The maximum Gasteiger partial charge on any atom is 0.237 e. The highest BCUT2D eigenvalue weighted by Gasteiger charge is 2.51. The molecule has 0 saturated heterocycles. The molecule has 2 nitrogen and oxygen atoms in total. The van der Waals surface area contributed by atoms with Gasteiger partial charge in [0, 0.05) is 10.6 Å². The van der Waals surface area contributed by atoms with Gasteiger partial charge in [-0.25, -0.2) is 0 Å². The molecule has 0 aliphatic heterocycles. The molecular weight excluding hydrogens is 374 g/mol. The second-order valence-electron chi connectivity index (χ2n) is 9.84. The van der Waals surface area contributed by atoms with Crippen LogP contribution in [0.25, 0.3) is 0 Å². The first-order valence-electron chi connectivity index (χ1n) is 11.1. The summed E-state index contributed by atoms with van der Waals surface area (Å²) in [6.45, 7) is 4.06. The van der Waals surface area contributed by atoms with Gasteiger partial charge >= 0.3 is 0 Å². The second kappa shape index (κ2) is 7.50. The number of nitrogens with one attached hydrogen (secondary N) is 1. The summed E-state index contributed by atoms with van der Waals surface area (Å²) in [5.41, 5.74) is 4.09. The third kappa shape index (κ3) is 3.86. The summed E-state index contributed by atoms with van der Waals surface area (Å²) < 4.78 is 0. The van der Waals surface area contributed by atoms with Gasteiger partial charge in [-0.2, -0.15) is 0 Å². The van der Waals surface area contributed by atoms with Gasteiger partial charge in [-0.3, -0.25) is 4.79 Å². The normalized spacial score (nSPS) is 30.9. The van der Waals surface area contributed by atoms with Gasteiger partial charge in [0.25, 0.3) is 0 Å². The molecule has 1 amide bonds. The molecule has 0 spiro atoms.